The number of hydrogen-bond acceptors (Lipinski definition) is 4. The average Bonchev–Trinajstić information content (AvgIpc) is 3.23. The molecule has 2 aromatic rings. The van der Waals surface area contributed by atoms with Gasteiger partial charge in [-0.25, -0.2) is 0 Å². The zero-order chi connectivity index (χ0) is 19.1. The van der Waals surface area contributed by atoms with Crippen LogP contribution < -0.4 is 10.6 Å². The van der Waals surface area contributed by atoms with Gasteiger partial charge in [0.1, 0.15) is 0 Å². The van der Waals surface area contributed by atoms with Crippen LogP contribution in [0.2, 0.25) is 0 Å². The fourth-order valence-corrected chi connectivity index (χ4v) is 3.12. The van der Waals surface area contributed by atoms with Crippen molar-refractivity contribution in [3.05, 3.63) is 54.5 Å². The van der Waals surface area contributed by atoms with Crippen molar-refractivity contribution in [2.75, 3.05) is 25.0 Å². The lowest BCUT2D eigenvalue weighted by molar-refractivity contribution is -0.134. The second-order valence-electron chi connectivity index (χ2n) is 6.52. The highest BCUT2D eigenvalue weighted by atomic mass is 16.3. The Morgan fingerprint density at radius 2 is 1.93 bits per heavy atom. The number of likely N-dealkylation sites (tertiary alicyclic amines) is 1. The summed E-state index contributed by atoms with van der Waals surface area (Å²) in [6, 6.07) is 12.5. The van der Waals surface area contributed by atoms with Gasteiger partial charge in [-0.3, -0.25) is 14.4 Å². The van der Waals surface area contributed by atoms with E-state index in [9.17, 15) is 14.4 Å². The largest absolute Gasteiger partial charge is 0.459 e. The minimum atomic E-state index is -0.341. The molecule has 1 fully saturated rings. The van der Waals surface area contributed by atoms with Crippen LogP contribution >= 0.6 is 0 Å². The van der Waals surface area contributed by atoms with Crippen LogP contribution in [0.3, 0.4) is 0 Å². The predicted molar refractivity (Wildman–Crippen MR) is 100 cm³/mol. The summed E-state index contributed by atoms with van der Waals surface area (Å²) in [6.45, 7) is 1.28. The lowest BCUT2D eigenvalue weighted by Crippen LogP contribution is -2.44. The van der Waals surface area contributed by atoms with Crippen LogP contribution in [-0.4, -0.2) is 42.3 Å². The van der Waals surface area contributed by atoms with Gasteiger partial charge >= 0.3 is 0 Å². The Morgan fingerprint density at radius 3 is 2.67 bits per heavy atom. The van der Waals surface area contributed by atoms with Crippen molar-refractivity contribution in [1.29, 1.82) is 0 Å². The lowest BCUT2D eigenvalue weighted by Gasteiger charge is -2.32. The van der Waals surface area contributed by atoms with E-state index in [4.69, 9.17) is 4.42 Å². The Bertz CT molecular complexity index is 774. The topological polar surface area (TPSA) is 91.7 Å². The molecule has 1 aromatic carbocycles. The Kier molecular flexibility index (Phi) is 6.25. The zero-order valence-corrected chi connectivity index (χ0v) is 15.0. The minimum absolute atomic E-state index is 0.0630. The predicted octanol–water partition coefficient (Wildman–Crippen LogP) is 2.28. The first-order valence-electron chi connectivity index (χ1n) is 9.09. The second-order valence-corrected chi connectivity index (χ2v) is 6.52. The summed E-state index contributed by atoms with van der Waals surface area (Å²) in [4.78, 5) is 38.4. The molecule has 0 spiro atoms. The summed E-state index contributed by atoms with van der Waals surface area (Å²) in [5, 5.41) is 5.56. The molecular formula is C20H23N3O4. The van der Waals surface area contributed by atoms with E-state index in [-0.39, 0.29) is 42.4 Å². The van der Waals surface area contributed by atoms with E-state index in [1.54, 1.807) is 17.0 Å². The molecule has 0 radical (unpaired) electrons. The Morgan fingerprint density at radius 1 is 1.11 bits per heavy atom. The van der Waals surface area contributed by atoms with Gasteiger partial charge in [-0.2, -0.15) is 0 Å². The van der Waals surface area contributed by atoms with E-state index >= 15 is 0 Å². The van der Waals surface area contributed by atoms with Crippen molar-refractivity contribution in [2.45, 2.75) is 19.3 Å². The molecule has 2 N–H and O–H groups in total. The fourth-order valence-electron chi connectivity index (χ4n) is 3.12. The van der Waals surface area contributed by atoms with Gasteiger partial charge in [0.15, 0.2) is 5.76 Å². The Balaban J connectivity index is 1.45. The highest BCUT2D eigenvalue weighted by Gasteiger charge is 2.28. The first-order valence-corrected chi connectivity index (χ1v) is 9.09. The maximum absolute atomic E-state index is 12.5. The van der Waals surface area contributed by atoms with Gasteiger partial charge in [-0.15, -0.1) is 0 Å². The molecule has 7 nitrogen and oxygen atoms in total. The van der Waals surface area contributed by atoms with Crippen LogP contribution in [0.15, 0.2) is 53.1 Å². The number of furan rings is 1. The monoisotopic (exact) mass is 369 g/mol. The van der Waals surface area contributed by atoms with Gasteiger partial charge in [0.25, 0.3) is 5.91 Å². The van der Waals surface area contributed by atoms with Crippen molar-refractivity contribution in [3.63, 3.8) is 0 Å². The van der Waals surface area contributed by atoms with Gasteiger partial charge in [0, 0.05) is 31.7 Å². The summed E-state index contributed by atoms with van der Waals surface area (Å²) >= 11 is 0. The molecule has 1 atom stereocenters. The third-order valence-corrected chi connectivity index (χ3v) is 4.56. The standard InChI is InChI=1S/C20H23N3O4/c24-18(10-11-21-20(26)17-9-5-13-27-17)23-12-4-6-15(14-23)19(25)22-16-7-2-1-3-8-16/h1-3,5,7-9,13,15H,4,6,10-12,14H2,(H,21,26)(H,22,25). The molecule has 1 aliphatic heterocycles. The zero-order valence-electron chi connectivity index (χ0n) is 15.0. The van der Waals surface area contributed by atoms with Gasteiger partial charge in [0.05, 0.1) is 12.2 Å². The molecule has 1 saturated heterocycles. The summed E-state index contributed by atoms with van der Waals surface area (Å²) in [5.74, 6) is -0.470. The Labute approximate surface area is 157 Å². The van der Waals surface area contributed by atoms with Crippen molar-refractivity contribution >= 4 is 23.4 Å². The van der Waals surface area contributed by atoms with E-state index in [2.05, 4.69) is 10.6 Å². The number of amides is 3. The summed E-state index contributed by atoms with van der Waals surface area (Å²) in [6.07, 6.45) is 3.17. The number of carbonyl (C=O) groups excluding carboxylic acids is 3. The van der Waals surface area contributed by atoms with Crippen molar-refractivity contribution in [3.8, 4) is 0 Å². The molecule has 1 aromatic heterocycles. The van der Waals surface area contributed by atoms with Gasteiger partial charge in [-0.05, 0) is 37.1 Å². The van der Waals surface area contributed by atoms with Crippen molar-refractivity contribution in [1.82, 2.24) is 10.2 Å². The number of anilines is 1. The average molecular weight is 369 g/mol. The number of hydrogen-bond donors (Lipinski definition) is 2. The first-order chi connectivity index (χ1) is 13.1. The molecule has 3 rings (SSSR count). The second kappa shape index (κ2) is 9.02. The molecule has 2 heterocycles. The normalized spacial score (nSPS) is 16.6. The highest BCUT2D eigenvalue weighted by molar-refractivity contribution is 5.93. The highest BCUT2D eigenvalue weighted by Crippen LogP contribution is 2.19. The summed E-state index contributed by atoms with van der Waals surface area (Å²) in [5.41, 5.74) is 0.756. The van der Waals surface area contributed by atoms with E-state index in [0.717, 1.165) is 18.5 Å². The molecule has 0 saturated carbocycles. The van der Waals surface area contributed by atoms with E-state index < -0.39 is 0 Å². The van der Waals surface area contributed by atoms with Crippen molar-refractivity contribution < 1.29 is 18.8 Å². The van der Waals surface area contributed by atoms with Crippen LogP contribution in [0.5, 0.6) is 0 Å². The fraction of sp³-hybridized carbons (Fsp3) is 0.350. The smallest absolute Gasteiger partial charge is 0.286 e. The van der Waals surface area contributed by atoms with Crippen LogP contribution in [0.25, 0.3) is 0 Å². The third-order valence-electron chi connectivity index (χ3n) is 4.56. The maximum atomic E-state index is 12.5. The maximum Gasteiger partial charge on any atom is 0.286 e. The minimum Gasteiger partial charge on any atom is -0.459 e. The summed E-state index contributed by atoms with van der Waals surface area (Å²) < 4.78 is 5.01. The molecule has 0 bridgehead atoms. The SMILES string of the molecule is O=C(NCCC(=O)N1CCCC(C(=O)Nc2ccccc2)C1)c1ccco1. The number of nitrogens with one attached hydrogen (secondary N) is 2. The molecule has 27 heavy (non-hydrogen) atoms. The number of piperidine rings is 1. The van der Waals surface area contributed by atoms with Gasteiger partial charge < -0.3 is 20.0 Å². The number of nitrogens with zero attached hydrogens (tertiary/aromatic N) is 1. The van der Waals surface area contributed by atoms with E-state index in [0.29, 0.717) is 13.1 Å². The van der Waals surface area contributed by atoms with E-state index in [1.165, 1.54) is 6.26 Å². The number of rotatable bonds is 6. The van der Waals surface area contributed by atoms with Crippen LogP contribution in [0.4, 0.5) is 5.69 Å². The summed E-state index contributed by atoms with van der Waals surface area (Å²) in [7, 11) is 0. The third kappa shape index (κ3) is 5.20. The lowest BCUT2D eigenvalue weighted by atomic mass is 9.96. The molecule has 1 unspecified atom stereocenters. The Hall–Kier alpha value is -3.09. The molecule has 1 aliphatic rings. The molecule has 7 heteroatoms. The van der Waals surface area contributed by atoms with Crippen LogP contribution in [0, 0.1) is 5.92 Å². The van der Waals surface area contributed by atoms with E-state index in [1.807, 2.05) is 30.3 Å². The number of para-hydroxylation sites is 1. The number of carbonyl (C=O) groups is 3. The molecule has 0 aliphatic carbocycles. The first kappa shape index (κ1) is 18.7. The van der Waals surface area contributed by atoms with Gasteiger partial charge in [-0.1, -0.05) is 18.2 Å². The molecular weight excluding hydrogens is 346 g/mol. The van der Waals surface area contributed by atoms with Crippen LogP contribution in [-0.2, 0) is 9.59 Å². The van der Waals surface area contributed by atoms with Crippen molar-refractivity contribution in [2.24, 2.45) is 5.92 Å². The van der Waals surface area contributed by atoms with Gasteiger partial charge in [0.2, 0.25) is 11.8 Å². The van der Waals surface area contributed by atoms with Crippen LogP contribution in [0.1, 0.15) is 29.8 Å². The number of benzene rings is 1. The molecule has 3 amide bonds. The quantitative estimate of drug-likeness (QED) is 0.817. The molecule has 142 valence electrons.